The summed E-state index contributed by atoms with van der Waals surface area (Å²) in [5.74, 6) is -3.80. The number of aromatic hydroxyl groups is 1. The van der Waals surface area contributed by atoms with E-state index < -0.39 is 35.2 Å². The molecule has 1 aliphatic rings. The monoisotopic (exact) mass is 574 g/mol. The van der Waals surface area contributed by atoms with Gasteiger partial charge in [-0.2, -0.15) is 0 Å². The van der Waals surface area contributed by atoms with Gasteiger partial charge in [0, 0.05) is 18.1 Å². The van der Waals surface area contributed by atoms with Crippen LogP contribution in [0.15, 0.2) is 87.8 Å². The lowest BCUT2D eigenvalue weighted by molar-refractivity contribution is -0.135. The number of phenolic OH excluding ortho intramolecular Hbond substituents is 1. The smallest absolute Gasteiger partial charge is 0.371 e. The fourth-order valence-electron chi connectivity index (χ4n) is 4.21. The third-order valence-electron chi connectivity index (χ3n) is 6.19. The van der Waals surface area contributed by atoms with Gasteiger partial charge in [0.1, 0.15) is 52.7 Å². The van der Waals surface area contributed by atoms with E-state index in [0.29, 0.717) is 17.1 Å². The number of para-hydroxylation sites is 1. The SMILES string of the molecule is O=C(O)C1=CCc2c(OCC(COc3cccc4oc(C(=O)O)cc(=O)c34)OC(=O)c3ccccc3O)cccc2O1. The van der Waals surface area contributed by atoms with Crippen LogP contribution in [0.4, 0.5) is 0 Å². The first kappa shape index (κ1) is 27.8. The molecule has 0 radical (unpaired) electrons. The number of fused-ring (bicyclic) bond motifs is 2. The van der Waals surface area contributed by atoms with Crippen molar-refractivity contribution in [1.29, 1.82) is 0 Å². The van der Waals surface area contributed by atoms with Gasteiger partial charge in [-0.25, -0.2) is 14.4 Å². The first-order valence-corrected chi connectivity index (χ1v) is 12.5. The van der Waals surface area contributed by atoms with Crippen molar-refractivity contribution in [3.8, 4) is 23.0 Å². The van der Waals surface area contributed by atoms with Crippen molar-refractivity contribution >= 4 is 28.9 Å². The second-order valence-electron chi connectivity index (χ2n) is 8.99. The molecule has 214 valence electrons. The number of carboxylic acids is 2. The Bertz CT molecular complexity index is 1790. The normalized spacial score (nSPS) is 12.8. The number of aromatic carboxylic acids is 1. The number of aliphatic carboxylic acids is 1. The maximum Gasteiger partial charge on any atom is 0.371 e. The molecule has 42 heavy (non-hydrogen) atoms. The van der Waals surface area contributed by atoms with E-state index in [-0.39, 0.29) is 53.4 Å². The van der Waals surface area contributed by atoms with Gasteiger partial charge in [-0.1, -0.05) is 24.3 Å². The van der Waals surface area contributed by atoms with Crippen molar-refractivity contribution in [3.63, 3.8) is 0 Å². The summed E-state index contributed by atoms with van der Waals surface area (Å²) < 4.78 is 28.1. The Balaban J connectivity index is 1.39. The molecule has 0 bridgehead atoms. The van der Waals surface area contributed by atoms with Crippen LogP contribution in [-0.4, -0.2) is 52.5 Å². The maximum atomic E-state index is 12.9. The maximum absolute atomic E-state index is 12.9. The summed E-state index contributed by atoms with van der Waals surface area (Å²) in [6.45, 7) is -0.555. The zero-order chi connectivity index (χ0) is 29.8. The highest BCUT2D eigenvalue weighted by molar-refractivity contribution is 5.92. The molecule has 2 heterocycles. The quantitative estimate of drug-likeness (QED) is 0.234. The molecule has 12 heteroatoms. The van der Waals surface area contributed by atoms with Crippen molar-refractivity contribution in [1.82, 2.24) is 0 Å². The lowest BCUT2D eigenvalue weighted by Gasteiger charge is -2.22. The molecule has 3 aromatic carbocycles. The van der Waals surface area contributed by atoms with E-state index in [4.69, 9.17) is 23.4 Å². The fourth-order valence-corrected chi connectivity index (χ4v) is 4.21. The number of esters is 1. The summed E-state index contributed by atoms with van der Waals surface area (Å²) in [6.07, 6.45) is 0.539. The van der Waals surface area contributed by atoms with Crippen LogP contribution in [0.3, 0.4) is 0 Å². The number of carboxylic acid groups (broad SMARTS) is 2. The lowest BCUT2D eigenvalue weighted by atomic mass is 10.1. The number of ether oxygens (including phenoxy) is 4. The van der Waals surface area contributed by atoms with Crippen LogP contribution in [0, 0.1) is 0 Å². The standard InChI is InChI=1S/C30H22O12/c31-19-6-2-1-5-17(19)30(37)40-16(14-38-21-7-3-8-22-18(21)11-12-25(41-22)28(33)34)15-39-23-9-4-10-24-27(23)20(32)13-26(42-24)29(35)36/h1-10,12-13,16,31H,11,14-15H2,(H,33,34)(H,35,36). The summed E-state index contributed by atoms with van der Waals surface area (Å²) in [6, 6.07) is 15.9. The molecule has 0 saturated carbocycles. The molecule has 3 N–H and O–H groups in total. The highest BCUT2D eigenvalue weighted by Gasteiger charge is 2.24. The second kappa shape index (κ2) is 11.8. The summed E-state index contributed by atoms with van der Waals surface area (Å²) in [4.78, 5) is 48.2. The minimum absolute atomic E-state index is 0.00972. The Labute approximate surface area is 236 Å². The summed E-state index contributed by atoms with van der Waals surface area (Å²) in [5.41, 5.74) is -0.171. The van der Waals surface area contributed by atoms with Crippen LogP contribution in [0.2, 0.25) is 0 Å². The molecule has 12 nitrogen and oxygen atoms in total. The number of allylic oxidation sites excluding steroid dienone is 1. The summed E-state index contributed by atoms with van der Waals surface area (Å²) in [5, 5.41) is 28.5. The van der Waals surface area contributed by atoms with Crippen LogP contribution in [0.1, 0.15) is 26.5 Å². The molecule has 4 aromatic rings. The van der Waals surface area contributed by atoms with E-state index in [0.717, 1.165) is 6.07 Å². The van der Waals surface area contributed by atoms with Gasteiger partial charge < -0.3 is 38.7 Å². The molecule has 0 spiro atoms. The van der Waals surface area contributed by atoms with Gasteiger partial charge in [0.15, 0.2) is 11.5 Å². The van der Waals surface area contributed by atoms with Gasteiger partial charge >= 0.3 is 17.9 Å². The lowest BCUT2D eigenvalue weighted by Crippen LogP contribution is -2.31. The molecule has 1 aromatic heterocycles. The van der Waals surface area contributed by atoms with Gasteiger partial charge in [0.05, 0.1) is 0 Å². The van der Waals surface area contributed by atoms with E-state index in [2.05, 4.69) is 0 Å². The van der Waals surface area contributed by atoms with Crippen molar-refractivity contribution in [3.05, 3.63) is 106 Å². The Morgan fingerprint density at radius 1 is 0.881 bits per heavy atom. The number of carbonyl (C=O) groups is 3. The largest absolute Gasteiger partial charge is 0.507 e. The number of rotatable bonds is 10. The summed E-state index contributed by atoms with van der Waals surface area (Å²) >= 11 is 0. The van der Waals surface area contributed by atoms with Gasteiger partial charge in [-0.15, -0.1) is 0 Å². The molecule has 1 aliphatic heterocycles. The van der Waals surface area contributed by atoms with Crippen molar-refractivity contribution in [2.45, 2.75) is 12.5 Å². The van der Waals surface area contributed by atoms with Crippen molar-refractivity contribution in [2.24, 2.45) is 0 Å². The minimum atomic E-state index is -1.41. The third kappa shape index (κ3) is 5.87. The molecule has 1 atom stereocenters. The molecule has 0 aliphatic carbocycles. The molecule has 1 unspecified atom stereocenters. The predicted molar refractivity (Wildman–Crippen MR) is 144 cm³/mol. The number of carbonyl (C=O) groups excluding carboxylic acids is 1. The van der Waals surface area contributed by atoms with E-state index in [1.54, 1.807) is 30.3 Å². The molecule has 0 saturated heterocycles. The van der Waals surface area contributed by atoms with Crippen LogP contribution >= 0.6 is 0 Å². The average molecular weight is 574 g/mol. The minimum Gasteiger partial charge on any atom is -0.507 e. The average Bonchev–Trinajstić information content (AvgIpc) is 2.98. The summed E-state index contributed by atoms with van der Waals surface area (Å²) in [7, 11) is 0. The van der Waals surface area contributed by atoms with E-state index in [1.807, 2.05) is 0 Å². The number of benzene rings is 3. The first-order chi connectivity index (χ1) is 20.2. The number of phenols is 1. The van der Waals surface area contributed by atoms with Crippen LogP contribution < -0.4 is 19.6 Å². The second-order valence-corrected chi connectivity index (χ2v) is 8.99. The third-order valence-corrected chi connectivity index (χ3v) is 6.19. The van der Waals surface area contributed by atoms with Gasteiger partial charge in [0.25, 0.3) is 0 Å². The molecular weight excluding hydrogens is 552 g/mol. The van der Waals surface area contributed by atoms with Gasteiger partial charge in [0.2, 0.25) is 11.5 Å². The van der Waals surface area contributed by atoms with Crippen LogP contribution in [-0.2, 0) is 16.0 Å². The molecule has 5 rings (SSSR count). The molecule has 0 amide bonds. The molecule has 0 fully saturated rings. The van der Waals surface area contributed by atoms with Crippen molar-refractivity contribution in [2.75, 3.05) is 13.2 Å². The van der Waals surface area contributed by atoms with Gasteiger partial charge in [-0.3, -0.25) is 4.79 Å². The van der Waals surface area contributed by atoms with Crippen LogP contribution in [0.5, 0.6) is 23.0 Å². The zero-order valence-corrected chi connectivity index (χ0v) is 21.6. The number of hydrogen-bond acceptors (Lipinski definition) is 10. The Morgan fingerprint density at radius 2 is 1.60 bits per heavy atom. The number of hydrogen-bond donors (Lipinski definition) is 3. The zero-order valence-electron chi connectivity index (χ0n) is 21.6. The predicted octanol–water partition coefficient (Wildman–Crippen LogP) is 3.78. The fraction of sp³-hybridized carbons (Fsp3) is 0.133. The van der Waals surface area contributed by atoms with Gasteiger partial charge in [-0.05, 0) is 42.5 Å². The van der Waals surface area contributed by atoms with E-state index in [1.165, 1.54) is 36.4 Å². The highest BCUT2D eigenvalue weighted by Crippen LogP contribution is 2.34. The van der Waals surface area contributed by atoms with Crippen LogP contribution in [0.25, 0.3) is 11.0 Å². The first-order valence-electron chi connectivity index (χ1n) is 12.5. The Kier molecular flexibility index (Phi) is 7.78. The highest BCUT2D eigenvalue weighted by atomic mass is 16.6. The van der Waals surface area contributed by atoms with E-state index >= 15 is 0 Å². The van der Waals surface area contributed by atoms with Crippen molar-refractivity contribution < 1.29 is 53.1 Å². The Morgan fingerprint density at radius 3 is 2.33 bits per heavy atom. The topological polar surface area (TPSA) is 179 Å². The Hall–Kier alpha value is -5.78. The molecular formula is C30H22O12. The van der Waals surface area contributed by atoms with E-state index in [9.17, 15) is 34.5 Å².